The molecule has 0 aliphatic heterocycles. The van der Waals surface area contributed by atoms with Crippen LogP contribution in [-0.4, -0.2) is 23.8 Å². The van der Waals surface area contributed by atoms with Gasteiger partial charge in [-0.25, -0.2) is 0 Å². The Balaban J connectivity index is 1.99. The molecule has 1 fully saturated rings. The molecule has 1 aromatic rings. The van der Waals surface area contributed by atoms with Gasteiger partial charge in [-0.1, -0.05) is 37.3 Å². The molecule has 0 aromatic heterocycles. The topological polar surface area (TPSA) is 32.3 Å². The summed E-state index contributed by atoms with van der Waals surface area (Å²) in [5.41, 5.74) is -0.519. The summed E-state index contributed by atoms with van der Waals surface area (Å²) in [5, 5.41) is 12.5. The van der Waals surface area contributed by atoms with E-state index in [2.05, 4.69) is 12.2 Å². The van der Waals surface area contributed by atoms with E-state index in [1.807, 2.05) is 0 Å². The predicted octanol–water partition coefficient (Wildman–Crippen LogP) is 3.31. The zero-order chi connectivity index (χ0) is 14.6. The van der Waals surface area contributed by atoms with Crippen LogP contribution in [0.4, 0.5) is 8.78 Å². The van der Waals surface area contributed by atoms with Gasteiger partial charge in [-0.3, -0.25) is 0 Å². The number of halogens is 2. The van der Waals surface area contributed by atoms with Crippen molar-refractivity contribution in [2.24, 2.45) is 5.92 Å². The third-order valence-corrected chi connectivity index (χ3v) is 4.42. The average Bonchev–Trinajstić information content (AvgIpc) is 2.48. The van der Waals surface area contributed by atoms with Crippen LogP contribution < -0.4 is 5.32 Å². The Bertz CT molecular complexity index is 414. The second-order valence-corrected chi connectivity index (χ2v) is 6.04. The van der Waals surface area contributed by atoms with Gasteiger partial charge in [-0.2, -0.15) is 8.78 Å². The third-order valence-electron chi connectivity index (χ3n) is 4.42. The van der Waals surface area contributed by atoms with Gasteiger partial charge in [0, 0.05) is 11.1 Å². The van der Waals surface area contributed by atoms with Crippen LogP contribution in [0.5, 0.6) is 0 Å². The minimum atomic E-state index is -2.91. The van der Waals surface area contributed by atoms with Crippen molar-refractivity contribution in [3.05, 3.63) is 35.9 Å². The fourth-order valence-corrected chi connectivity index (χ4v) is 2.79. The first-order valence-corrected chi connectivity index (χ1v) is 7.27. The number of rotatable bonds is 5. The van der Waals surface area contributed by atoms with Crippen molar-refractivity contribution in [3.8, 4) is 0 Å². The smallest absolute Gasteiger partial charge is 0.285 e. The van der Waals surface area contributed by atoms with Gasteiger partial charge in [0.2, 0.25) is 0 Å². The Morgan fingerprint density at radius 1 is 1.25 bits per heavy atom. The predicted molar refractivity (Wildman–Crippen MR) is 75.8 cm³/mol. The lowest BCUT2D eigenvalue weighted by Crippen LogP contribution is -2.53. The number of alkyl halides is 2. The molecule has 20 heavy (non-hydrogen) atoms. The lowest BCUT2D eigenvalue weighted by atomic mass is 9.77. The standard InChI is InChI=1S/C16H23F2NO/c1-13-7-9-15(12-20,10-8-13)19-11-16(17,18)14-5-3-2-4-6-14/h2-6,13,19-20H,7-12H2,1H3. The molecule has 0 unspecified atom stereocenters. The van der Waals surface area contributed by atoms with E-state index in [4.69, 9.17) is 0 Å². The van der Waals surface area contributed by atoms with Crippen molar-refractivity contribution in [1.29, 1.82) is 0 Å². The summed E-state index contributed by atoms with van der Waals surface area (Å²) in [6.07, 6.45) is 3.47. The van der Waals surface area contributed by atoms with E-state index >= 15 is 0 Å². The number of nitrogens with one attached hydrogen (secondary N) is 1. The molecule has 0 atom stereocenters. The Labute approximate surface area is 119 Å². The van der Waals surface area contributed by atoms with Crippen molar-refractivity contribution < 1.29 is 13.9 Å². The quantitative estimate of drug-likeness (QED) is 0.869. The van der Waals surface area contributed by atoms with Crippen LogP contribution in [0.1, 0.15) is 38.2 Å². The molecule has 2 N–H and O–H groups in total. The summed E-state index contributed by atoms with van der Waals surface area (Å²) < 4.78 is 28.3. The van der Waals surface area contributed by atoms with Crippen LogP contribution in [-0.2, 0) is 5.92 Å². The number of hydrogen-bond donors (Lipinski definition) is 2. The summed E-state index contributed by atoms with van der Waals surface area (Å²) in [5.74, 6) is -2.29. The molecular weight excluding hydrogens is 260 g/mol. The Morgan fingerprint density at radius 2 is 1.85 bits per heavy atom. The normalized spacial score (nSPS) is 27.5. The largest absolute Gasteiger partial charge is 0.394 e. The van der Waals surface area contributed by atoms with Gasteiger partial charge in [0.15, 0.2) is 0 Å². The van der Waals surface area contributed by atoms with Crippen molar-refractivity contribution in [1.82, 2.24) is 5.32 Å². The molecule has 1 saturated carbocycles. The van der Waals surface area contributed by atoms with Crippen LogP contribution in [0.25, 0.3) is 0 Å². The molecule has 1 aliphatic carbocycles. The van der Waals surface area contributed by atoms with Crippen molar-refractivity contribution in [2.45, 2.75) is 44.1 Å². The van der Waals surface area contributed by atoms with Crippen molar-refractivity contribution in [3.63, 3.8) is 0 Å². The minimum Gasteiger partial charge on any atom is -0.394 e. The highest BCUT2D eigenvalue weighted by Crippen LogP contribution is 2.33. The summed E-state index contributed by atoms with van der Waals surface area (Å²) in [7, 11) is 0. The van der Waals surface area contributed by atoms with Gasteiger partial charge in [-0.05, 0) is 31.6 Å². The zero-order valence-electron chi connectivity index (χ0n) is 11.9. The first-order chi connectivity index (χ1) is 9.47. The first kappa shape index (κ1) is 15.4. The van der Waals surface area contributed by atoms with E-state index in [0.29, 0.717) is 5.92 Å². The average molecular weight is 283 g/mol. The van der Waals surface area contributed by atoms with Gasteiger partial charge in [-0.15, -0.1) is 0 Å². The van der Waals surface area contributed by atoms with Gasteiger partial charge in [0.05, 0.1) is 13.2 Å². The van der Waals surface area contributed by atoms with Gasteiger partial charge in [0.25, 0.3) is 5.92 Å². The second kappa shape index (κ2) is 6.19. The van der Waals surface area contributed by atoms with Crippen molar-refractivity contribution >= 4 is 0 Å². The van der Waals surface area contributed by atoms with Crippen LogP contribution in [0.15, 0.2) is 30.3 Å². The van der Waals surface area contributed by atoms with Crippen LogP contribution in [0.2, 0.25) is 0 Å². The fraction of sp³-hybridized carbons (Fsp3) is 0.625. The van der Waals surface area contributed by atoms with Crippen molar-refractivity contribution in [2.75, 3.05) is 13.2 Å². The maximum Gasteiger partial charge on any atom is 0.285 e. The Kier molecular flexibility index (Phi) is 4.76. The molecule has 4 heteroatoms. The van der Waals surface area contributed by atoms with E-state index in [1.165, 1.54) is 12.1 Å². The Hall–Kier alpha value is -1.00. The number of hydrogen-bond acceptors (Lipinski definition) is 2. The summed E-state index contributed by atoms with van der Waals surface area (Å²) >= 11 is 0. The first-order valence-electron chi connectivity index (χ1n) is 7.27. The van der Waals surface area contributed by atoms with Gasteiger partial charge in [0.1, 0.15) is 0 Å². The Morgan fingerprint density at radius 3 is 2.40 bits per heavy atom. The maximum absolute atomic E-state index is 14.1. The number of aliphatic hydroxyl groups excluding tert-OH is 1. The lowest BCUT2D eigenvalue weighted by Gasteiger charge is -2.39. The highest BCUT2D eigenvalue weighted by atomic mass is 19.3. The monoisotopic (exact) mass is 283 g/mol. The van der Waals surface area contributed by atoms with E-state index in [0.717, 1.165) is 25.7 Å². The van der Waals surface area contributed by atoms with E-state index in [-0.39, 0.29) is 12.2 Å². The molecule has 1 aliphatic rings. The molecule has 0 amide bonds. The molecule has 0 radical (unpaired) electrons. The zero-order valence-corrected chi connectivity index (χ0v) is 11.9. The van der Waals surface area contributed by atoms with E-state index < -0.39 is 18.0 Å². The molecule has 0 spiro atoms. The van der Waals surface area contributed by atoms with Crippen LogP contribution in [0, 0.1) is 5.92 Å². The fourth-order valence-electron chi connectivity index (χ4n) is 2.79. The van der Waals surface area contributed by atoms with Gasteiger partial charge < -0.3 is 10.4 Å². The molecule has 0 bridgehead atoms. The minimum absolute atomic E-state index is 0.0183. The molecule has 1 aromatic carbocycles. The van der Waals surface area contributed by atoms with E-state index in [9.17, 15) is 13.9 Å². The maximum atomic E-state index is 14.1. The number of aliphatic hydroxyl groups is 1. The second-order valence-electron chi connectivity index (χ2n) is 6.04. The summed E-state index contributed by atoms with van der Waals surface area (Å²) in [4.78, 5) is 0. The molecule has 0 heterocycles. The van der Waals surface area contributed by atoms with Crippen LogP contribution in [0.3, 0.4) is 0 Å². The summed E-state index contributed by atoms with van der Waals surface area (Å²) in [6, 6.07) is 7.85. The lowest BCUT2D eigenvalue weighted by molar-refractivity contribution is -0.0205. The molecule has 2 rings (SSSR count). The SMILES string of the molecule is CC1CCC(CO)(NCC(F)(F)c2ccccc2)CC1. The highest BCUT2D eigenvalue weighted by Gasteiger charge is 2.38. The highest BCUT2D eigenvalue weighted by molar-refractivity contribution is 5.20. The molecule has 112 valence electrons. The van der Waals surface area contributed by atoms with Gasteiger partial charge >= 0.3 is 0 Å². The molecule has 0 saturated heterocycles. The molecular formula is C16H23F2NO. The third kappa shape index (κ3) is 3.55. The van der Waals surface area contributed by atoms with E-state index in [1.54, 1.807) is 18.2 Å². The number of benzene rings is 1. The summed E-state index contributed by atoms with van der Waals surface area (Å²) in [6.45, 7) is 1.66. The van der Waals surface area contributed by atoms with Crippen LogP contribution >= 0.6 is 0 Å². The molecule has 2 nitrogen and oxygen atoms in total.